The molecule has 0 radical (unpaired) electrons. The molecule has 1 heterocycles. The van der Waals surface area contributed by atoms with Crippen molar-refractivity contribution in [1.29, 1.82) is 0 Å². The van der Waals surface area contributed by atoms with Crippen molar-refractivity contribution >= 4 is 23.2 Å². The zero-order valence-electron chi connectivity index (χ0n) is 14.0. The third kappa shape index (κ3) is 6.89. The molecule has 7 heteroatoms. The molecular weight excluding hydrogens is 298 g/mol. The lowest BCUT2D eigenvalue weighted by atomic mass is 10.3. The maximum atomic E-state index is 11.6. The summed E-state index contributed by atoms with van der Waals surface area (Å²) in [4.78, 5) is 23.2. The highest BCUT2D eigenvalue weighted by atomic mass is 32.1. The van der Waals surface area contributed by atoms with E-state index < -0.39 is 0 Å². The van der Waals surface area contributed by atoms with Crippen molar-refractivity contribution in [3.63, 3.8) is 0 Å². The average molecular weight is 325 g/mol. The summed E-state index contributed by atoms with van der Waals surface area (Å²) in [5.41, 5.74) is 0. The van der Waals surface area contributed by atoms with Gasteiger partial charge in [-0.25, -0.2) is 9.98 Å². The predicted molar refractivity (Wildman–Crippen MR) is 92.2 cm³/mol. The molecule has 0 fully saturated rings. The van der Waals surface area contributed by atoms with Crippen LogP contribution in [0.5, 0.6) is 0 Å². The highest BCUT2D eigenvalue weighted by Gasteiger charge is 2.06. The number of aliphatic imine (C=N–C) groups is 1. The Labute approximate surface area is 137 Å². The number of likely N-dealkylation sites (N-methyl/N-ethyl adjacent to an activating group) is 1. The van der Waals surface area contributed by atoms with E-state index in [9.17, 15) is 4.79 Å². The highest BCUT2D eigenvalue weighted by Crippen LogP contribution is 2.12. The third-order valence-electron chi connectivity index (χ3n) is 3.05. The van der Waals surface area contributed by atoms with Crippen molar-refractivity contribution in [3.8, 4) is 0 Å². The van der Waals surface area contributed by atoms with Crippen LogP contribution in [-0.4, -0.2) is 48.9 Å². The predicted octanol–water partition coefficient (Wildman–Crippen LogP) is 1.63. The van der Waals surface area contributed by atoms with Gasteiger partial charge in [0.25, 0.3) is 0 Å². The Balaban J connectivity index is 2.56. The van der Waals surface area contributed by atoms with Crippen LogP contribution < -0.4 is 10.6 Å². The third-order valence-corrected chi connectivity index (χ3v) is 4.19. The minimum absolute atomic E-state index is 0.0147. The van der Waals surface area contributed by atoms with Crippen molar-refractivity contribution in [2.45, 2.75) is 39.7 Å². The highest BCUT2D eigenvalue weighted by molar-refractivity contribution is 7.11. The molecular formula is C15H27N5OS. The number of nitrogens with zero attached hydrogens (tertiary/aromatic N) is 3. The summed E-state index contributed by atoms with van der Waals surface area (Å²) in [5.74, 6) is 0.649. The van der Waals surface area contributed by atoms with Gasteiger partial charge in [0.1, 0.15) is 11.6 Å². The Morgan fingerprint density at radius 2 is 2.14 bits per heavy atom. The van der Waals surface area contributed by atoms with E-state index >= 15 is 0 Å². The Morgan fingerprint density at radius 1 is 1.36 bits per heavy atom. The number of aromatic nitrogens is 1. The first-order valence-electron chi connectivity index (χ1n) is 7.72. The maximum Gasteiger partial charge on any atom is 0.243 e. The summed E-state index contributed by atoms with van der Waals surface area (Å²) in [6.45, 7) is 5.88. The summed E-state index contributed by atoms with van der Waals surface area (Å²) in [5, 5.41) is 7.52. The van der Waals surface area contributed by atoms with Gasteiger partial charge in [0.15, 0.2) is 5.96 Å². The standard InChI is InChI=1S/C15H27N5OS/c1-5-7-8-16-15(19-11-14(21)20(3)4)18-10-13-17-9-12(6-2)22-13/h9H,5-8,10-11H2,1-4H3,(H2,16,18,19). The van der Waals surface area contributed by atoms with E-state index in [4.69, 9.17) is 0 Å². The number of hydrogen-bond donors (Lipinski definition) is 2. The lowest BCUT2D eigenvalue weighted by molar-refractivity contribution is -0.127. The van der Waals surface area contributed by atoms with Crippen LogP contribution in [0.25, 0.3) is 0 Å². The second kappa shape index (κ2) is 10.2. The fourth-order valence-electron chi connectivity index (χ4n) is 1.60. The van der Waals surface area contributed by atoms with E-state index in [1.807, 2.05) is 6.20 Å². The number of carbonyl (C=O) groups excluding carboxylic acids is 1. The number of unbranched alkanes of at least 4 members (excludes halogenated alkanes) is 1. The van der Waals surface area contributed by atoms with Crippen molar-refractivity contribution in [3.05, 3.63) is 16.1 Å². The molecule has 2 N–H and O–H groups in total. The summed E-state index contributed by atoms with van der Waals surface area (Å²) < 4.78 is 0. The van der Waals surface area contributed by atoms with E-state index in [1.165, 1.54) is 4.88 Å². The van der Waals surface area contributed by atoms with Gasteiger partial charge >= 0.3 is 0 Å². The van der Waals surface area contributed by atoms with Crippen LogP contribution in [-0.2, 0) is 17.8 Å². The molecule has 1 aromatic rings. The van der Waals surface area contributed by atoms with Crippen LogP contribution in [0.2, 0.25) is 0 Å². The van der Waals surface area contributed by atoms with E-state index in [-0.39, 0.29) is 12.5 Å². The van der Waals surface area contributed by atoms with Crippen LogP contribution >= 0.6 is 11.3 Å². The summed E-state index contributed by atoms with van der Waals surface area (Å²) in [6, 6.07) is 0. The molecule has 6 nitrogen and oxygen atoms in total. The molecule has 0 spiro atoms. The molecule has 0 saturated carbocycles. The van der Waals surface area contributed by atoms with Crippen LogP contribution in [0.4, 0.5) is 0 Å². The number of guanidine groups is 1. The second-order valence-electron chi connectivity index (χ2n) is 5.16. The SMILES string of the molecule is CCCCNC(=NCC(=O)N(C)C)NCc1ncc(CC)s1. The molecule has 0 aliphatic carbocycles. The zero-order valence-corrected chi connectivity index (χ0v) is 14.8. The smallest absolute Gasteiger partial charge is 0.243 e. The molecule has 0 unspecified atom stereocenters. The van der Waals surface area contributed by atoms with Crippen molar-refractivity contribution in [1.82, 2.24) is 20.5 Å². The van der Waals surface area contributed by atoms with Gasteiger partial charge < -0.3 is 15.5 Å². The Bertz CT molecular complexity index is 484. The molecule has 0 aromatic carbocycles. The van der Waals surface area contributed by atoms with Gasteiger partial charge in [-0.15, -0.1) is 11.3 Å². The number of rotatable bonds is 8. The van der Waals surface area contributed by atoms with E-state index in [0.717, 1.165) is 30.8 Å². The minimum atomic E-state index is -0.0147. The largest absolute Gasteiger partial charge is 0.356 e. The van der Waals surface area contributed by atoms with Crippen molar-refractivity contribution in [2.75, 3.05) is 27.2 Å². The first-order valence-corrected chi connectivity index (χ1v) is 8.54. The number of amides is 1. The molecule has 1 rings (SSSR count). The van der Waals surface area contributed by atoms with Gasteiger partial charge in [-0.05, 0) is 12.8 Å². The molecule has 0 atom stereocenters. The number of carbonyl (C=O) groups is 1. The lowest BCUT2D eigenvalue weighted by Gasteiger charge is -2.12. The van der Waals surface area contributed by atoms with Crippen LogP contribution in [0.1, 0.15) is 36.6 Å². The molecule has 1 aromatic heterocycles. The van der Waals surface area contributed by atoms with Gasteiger partial charge in [0.05, 0.1) is 6.54 Å². The van der Waals surface area contributed by atoms with Gasteiger partial charge in [0.2, 0.25) is 5.91 Å². The number of hydrogen-bond acceptors (Lipinski definition) is 4. The van der Waals surface area contributed by atoms with Gasteiger partial charge in [-0.3, -0.25) is 4.79 Å². The summed E-state index contributed by atoms with van der Waals surface area (Å²) in [7, 11) is 3.47. The van der Waals surface area contributed by atoms with Crippen molar-refractivity contribution in [2.24, 2.45) is 4.99 Å². The summed E-state index contributed by atoms with van der Waals surface area (Å²) in [6.07, 6.45) is 5.10. The quantitative estimate of drug-likeness (QED) is 0.433. The molecule has 0 bridgehead atoms. The molecule has 22 heavy (non-hydrogen) atoms. The fourth-order valence-corrected chi connectivity index (χ4v) is 2.40. The van der Waals surface area contributed by atoms with E-state index in [0.29, 0.717) is 12.5 Å². The zero-order chi connectivity index (χ0) is 16.4. The average Bonchev–Trinajstić information content (AvgIpc) is 2.97. The Morgan fingerprint density at radius 3 is 2.73 bits per heavy atom. The van der Waals surface area contributed by atoms with Gasteiger partial charge in [-0.1, -0.05) is 20.3 Å². The molecule has 0 saturated heterocycles. The fraction of sp³-hybridized carbons (Fsp3) is 0.667. The first kappa shape index (κ1) is 18.4. The molecule has 1 amide bonds. The number of aryl methyl sites for hydroxylation is 1. The van der Waals surface area contributed by atoms with Crippen LogP contribution in [0.3, 0.4) is 0 Å². The van der Waals surface area contributed by atoms with Gasteiger partial charge in [-0.2, -0.15) is 0 Å². The monoisotopic (exact) mass is 325 g/mol. The Hall–Kier alpha value is -1.63. The maximum absolute atomic E-state index is 11.6. The lowest BCUT2D eigenvalue weighted by Crippen LogP contribution is -2.38. The van der Waals surface area contributed by atoms with Crippen LogP contribution in [0, 0.1) is 0 Å². The topological polar surface area (TPSA) is 69.6 Å². The molecule has 124 valence electrons. The molecule has 0 aliphatic rings. The van der Waals surface area contributed by atoms with E-state index in [1.54, 1.807) is 30.3 Å². The normalized spacial score (nSPS) is 11.4. The van der Waals surface area contributed by atoms with Gasteiger partial charge in [0, 0.05) is 31.7 Å². The first-order chi connectivity index (χ1) is 10.6. The Kier molecular flexibility index (Phi) is 8.50. The van der Waals surface area contributed by atoms with E-state index in [2.05, 4.69) is 34.5 Å². The number of nitrogens with one attached hydrogen (secondary N) is 2. The second-order valence-corrected chi connectivity index (χ2v) is 6.36. The van der Waals surface area contributed by atoms with Crippen molar-refractivity contribution < 1.29 is 4.79 Å². The van der Waals surface area contributed by atoms with Crippen LogP contribution in [0.15, 0.2) is 11.2 Å². The minimum Gasteiger partial charge on any atom is -0.356 e. The summed E-state index contributed by atoms with van der Waals surface area (Å²) >= 11 is 1.70. The molecule has 0 aliphatic heterocycles. The number of thiazole rings is 1.